The lowest BCUT2D eigenvalue weighted by Gasteiger charge is -2.20. The highest BCUT2D eigenvalue weighted by atomic mass is 32.1. The number of aromatic nitrogens is 2. The van der Waals surface area contributed by atoms with Crippen LogP contribution < -0.4 is 5.32 Å². The number of nitrogens with zero attached hydrogens (tertiary/aromatic N) is 4. The maximum absolute atomic E-state index is 12.7. The highest BCUT2D eigenvalue weighted by Gasteiger charge is 2.35. The molecule has 0 saturated carbocycles. The zero-order valence-corrected chi connectivity index (χ0v) is 14.8. The van der Waals surface area contributed by atoms with Gasteiger partial charge in [-0.1, -0.05) is 16.5 Å². The van der Waals surface area contributed by atoms with E-state index >= 15 is 0 Å². The molecular weight excluding hydrogens is 346 g/mol. The third-order valence-electron chi connectivity index (χ3n) is 4.25. The van der Waals surface area contributed by atoms with Gasteiger partial charge in [-0.25, -0.2) is 0 Å². The van der Waals surface area contributed by atoms with Gasteiger partial charge in [-0.3, -0.25) is 14.9 Å². The minimum absolute atomic E-state index is 0.0415. The fraction of sp³-hybridized carbons (Fsp3) is 0.533. The van der Waals surface area contributed by atoms with Crippen LogP contribution >= 0.6 is 11.3 Å². The first-order valence-electron chi connectivity index (χ1n) is 8.04. The average Bonchev–Trinajstić information content (AvgIpc) is 3.33. The minimum Gasteiger partial charge on any atom is -0.337 e. The molecule has 0 radical (unpaired) electrons. The van der Waals surface area contributed by atoms with Crippen molar-refractivity contribution in [2.75, 3.05) is 13.6 Å². The van der Waals surface area contributed by atoms with Gasteiger partial charge in [0.2, 0.25) is 5.89 Å². The van der Waals surface area contributed by atoms with E-state index in [1.165, 1.54) is 12.1 Å². The second kappa shape index (κ2) is 7.28. The predicted octanol–water partition coefficient (Wildman–Crippen LogP) is 2.17. The highest BCUT2D eigenvalue weighted by molar-refractivity contribution is 7.17. The van der Waals surface area contributed by atoms with Crippen molar-refractivity contribution >= 4 is 22.2 Å². The molecule has 0 aromatic carbocycles. The molecule has 2 unspecified atom stereocenters. The summed E-state index contributed by atoms with van der Waals surface area (Å²) in [4.78, 5) is 29.5. The van der Waals surface area contributed by atoms with Crippen molar-refractivity contribution in [3.8, 4) is 0 Å². The number of rotatable bonds is 6. The maximum atomic E-state index is 12.7. The van der Waals surface area contributed by atoms with Crippen molar-refractivity contribution < 1.29 is 14.2 Å². The van der Waals surface area contributed by atoms with Crippen LogP contribution in [0, 0.1) is 10.1 Å². The van der Waals surface area contributed by atoms with E-state index in [9.17, 15) is 14.9 Å². The molecule has 2 aromatic heterocycles. The summed E-state index contributed by atoms with van der Waals surface area (Å²) in [6.45, 7) is 2.59. The van der Waals surface area contributed by atoms with Crippen LogP contribution in [0.1, 0.15) is 47.2 Å². The van der Waals surface area contributed by atoms with E-state index in [0.717, 1.165) is 24.2 Å². The molecule has 1 aliphatic rings. The Morgan fingerprint density at radius 2 is 2.40 bits per heavy atom. The van der Waals surface area contributed by atoms with Crippen molar-refractivity contribution in [1.29, 1.82) is 0 Å². The largest absolute Gasteiger partial charge is 0.337 e. The van der Waals surface area contributed by atoms with Crippen molar-refractivity contribution in [2.24, 2.45) is 0 Å². The monoisotopic (exact) mass is 365 g/mol. The van der Waals surface area contributed by atoms with Gasteiger partial charge in [-0.2, -0.15) is 4.98 Å². The molecular formula is C15H19N5O4S. The van der Waals surface area contributed by atoms with Gasteiger partial charge >= 0.3 is 5.00 Å². The molecule has 1 N–H and O–H groups in total. The van der Waals surface area contributed by atoms with Crippen LogP contribution in [0.25, 0.3) is 0 Å². The summed E-state index contributed by atoms with van der Waals surface area (Å²) in [6, 6.07) is 2.79. The van der Waals surface area contributed by atoms with Gasteiger partial charge in [-0.05, 0) is 32.9 Å². The first-order chi connectivity index (χ1) is 12.0. The van der Waals surface area contributed by atoms with E-state index in [2.05, 4.69) is 15.5 Å². The molecule has 10 heteroatoms. The minimum atomic E-state index is -0.490. The Morgan fingerprint density at radius 3 is 3.08 bits per heavy atom. The first kappa shape index (κ1) is 17.5. The molecule has 134 valence electrons. The smallest absolute Gasteiger partial charge is 0.324 e. The molecule has 1 saturated heterocycles. The lowest BCUT2D eigenvalue weighted by molar-refractivity contribution is -0.380. The summed E-state index contributed by atoms with van der Waals surface area (Å²) in [5, 5.41) is 17.9. The fourth-order valence-corrected chi connectivity index (χ4v) is 3.59. The van der Waals surface area contributed by atoms with Crippen LogP contribution in [0.4, 0.5) is 5.00 Å². The van der Waals surface area contributed by atoms with Gasteiger partial charge in [0.15, 0.2) is 5.82 Å². The van der Waals surface area contributed by atoms with E-state index in [1.54, 1.807) is 4.90 Å². The second-order valence-electron chi connectivity index (χ2n) is 5.99. The van der Waals surface area contributed by atoms with E-state index < -0.39 is 4.92 Å². The molecule has 0 aliphatic carbocycles. The number of hydrogen-bond acceptors (Lipinski definition) is 8. The molecule has 0 bridgehead atoms. The molecule has 1 aliphatic heterocycles. The summed E-state index contributed by atoms with van der Waals surface area (Å²) in [6.07, 6.45) is 2.20. The summed E-state index contributed by atoms with van der Waals surface area (Å²) >= 11 is 0.885. The van der Waals surface area contributed by atoms with Gasteiger partial charge < -0.3 is 14.7 Å². The highest BCUT2D eigenvalue weighted by Crippen LogP contribution is 2.34. The SMILES string of the molecule is CNC(C)Cc1noc(C2CCCN2C(=O)c2ccc([N+](=O)[O-])s2)n1. The van der Waals surface area contributed by atoms with E-state index in [4.69, 9.17) is 4.52 Å². The van der Waals surface area contributed by atoms with Crippen LogP contribution in [0.2, 0.25) is 0 Å². The van der Waals surface area contributed by atoms with E-state index in [0.29, 0.717) is 29.6 Å². The molecule has 1 fully saturated rings. The molecule has 1 amide bonds. The van der Waals surface area contributed by atoms with Crippen molar-refractivity contribution in [2.45, 2.75) is 38.3 Å². The number of amides is 1. The van der Waals surface area contributed by atoms with Crippen molar-refractivity contribution in [1.82, 2.24) is 20.4 Å². The summed E-state index contributed by atoms with van der Waals surface area (Å²) in [5.74, 6) is 0.794. The van der Waals surface area contributed by atoms with Gasteiger partial charge in [0, 0.05) is 25.1 Å². The molecule has 2 atom stereocenters. The number of hydrogen-bond donors (Lipinski definition) is 1. The quantitative estimate of drug-likeness (QED) is 0.616. The fourth-order valence-electron chi connectivity index (χ4n) is 2.81. The van der Waals surface area contributed by atoms with Crippen molar-refractivity contribution in [3.05, 3.63) is 38.8 Å². The average molecular weight is 365 g/mol. The Hall–Kier alpha value is -2.33. The van der Waals surface area contributed by atoms with Crippen LogP contribution in [-0.4, -0.2) is 45.5 Å². The maximum Gasteiger partial charge on any atom is 0.324 e. The van der Waals surface area contributed by atoms with Crippen LogP contribution in [-0.2, 0) is 6.42 Å². The summed E-state index contributed by atoms with van der Waals surface area (Å²) in [5.41, 5.74) is 0. The number of carbonyl (C=O) groups excluding carboxylic acids is 1. The van der Waals surface area contributed by atoms with Crippen molar-refractivity contribution in [3.63, 3.8) is 0 Å². The Labute approximate surface area is 148 Å². The van der Waals surface area contributed by atoms with E-state index in [-0.39, 0.29) is 23.0 Å². The Kier molecular flexibility index (Phi) is 5.09. The zero-order valence-electron chi connectivity index (χ0n) is 14.0. The summed E-state index contributed by atoms with van der Waals surface area (Å²) < 4.78 is 5.37. The second-order valence-corrected chi connectivity index (χ2v) is 7.06. The number of likely N-dealkylation sites (N-methyl/N-ethyl adjacent to an activating group) is 1. The molecule has 25 heavy (non-hydrogen) atoms. The van der Waals surface area contributed by atoms with Gasteiger partial charge in [0.05, 0.1) is 9.80 Å². The molecule has 0 spiro atoms. The van der Waals surface area contributed by atoms with Gasteiger partial charge in [0.25, 0.3) is 5.91 Å². The van der Waals surface area contributed by atoms with Gasteiger partial charge in [0.1, 0.15) is 6.04 Å². The Balaban J connectivity index is 1.75. The standard InChI is InChI=1S/C15H19N5O4S/c1-9(16-2)8-12-17-14(24-18-12)10-4-3-7-19(10)15(21)11-5-6-13(25-11)20(22)23/h5-6,9-10,16H,3-4,7-8H2,1-2H3. The molecule has 9 nitrogen and oxygen atoms in total. The molecule has 3 rings (SSSR count). The van der Waals surface area contributed by atoms with Gasteiger partial charge in [-0.15, -0.1) is 0 Å². The third kappa shape index (κ3) is 3.69. The van der Waals surface area contributed by atoms with E-state index in [1.807, 2.05) is 14.0 Å². The Morgan fingerprint density at radius 1 is 1.60 bits per heavy atom. The summed E-state index contributed by atoms with van der Waals surface area (Å²) in [7, 11) is 1.86. The number of nitro groups is 1. The zero-order chi connectivity index (χ0) is 18.0. The predicted molar refractivity (Wildman–Crippen MR) is 90.5 cm³/mol. The normalized spacial score (nSPS) is 18.5. The molecule has 3 heterocycles. The molecule has 2 aromatic rings. The lowest BCUT2D eigenvalue weighted by Crippen LogP contribution is -2.30. The first-order valence-corrected chi connectivity index (χ1v) is 8.86. The third-order valence-corrected chi connectivity index (χ3v) is 5.27. The van der Waals surface area contributed by atoms with Crippen LogP contribution in [0.15, 0.2) is 16.7 Å². The van der Waals surface area contributed by atoms with Crippen LogP contribution in [0.3, 0.4) is 0 Å². The number of carbonyl (C=O) groups is 1. The number of thiophene rings is 1. The number of likely N-dealkylation sites (tertiary alicyclic amines) is 1. The Bertz CT molecular complexity index is 774. The number of nitrogens with one attached hydrogen (secondary N) is 1. The topological polar surface area (TPSA) is 114 Å². The lowest BCUT2D eigenvalue weighted by atomic mass is 10.2. The van der Waals surface area contributed by atoms with Crippen LogP contribution in [0.5, 0.6) is 0 Å².